The molecule has 1 heterocycles. The molecule has 3 aromatic rings. The van der Waals surface area contributed by atoms with Crippen LogP contribution >= 0.6 is 0 Å². The van der Waals surface area contributed by atoms with Gasteiger partial charge < -0.3 is 15.7 Å². The van der Waals surface area contributed by atoms with Gasteiger partial charge in [-0.15, -0.1) is 0 Å². The van der Waals surface area contributed by atoms with Crippen LogP contribution in [0.2, 0.25) is 0 Å². The lowest BCUT2D eigenvalue weighted by Crippen LogP contribution is -2.55. The van der Waals surface area contributed by atoms with Gasteiger partial charge in [0.2, 0.25) is 5.91 Å². The number of rotatable bonds is 8. The standard InChI is InChI=1S/C22H20F5N5O3/c1-13(21(35,10-31-12-29-11-30-31)17-7-6-16(23)8-18(17)24)32(9-19(28)33)20(34)14-2-4-15(5-3-14)22(25,26)27/h2-8,11-13,35H,9-10H2,1H3,(H2,28,33). The molecule has 13 heteroatoms. The van der Waals surface area contributed by atoms with Crippen LogP contribution in [0.3, 0.4) is 0 Å². The number of nitrogens with two attached hydrogens (primary N) is 1. The minimum absolute atomic E-state index is 0.242. The number of aromatic nitrogens is 3. The van der Waals surface area contributed by atoms with E-state index >= 15 is 0 Å². The van der Waals surface area contributed by atoms with Crippen LogP contribution in [0.4, 0.5) is 22.0 Å². The molecule has 1 aromatic heterocycles. The Balaban J connectivity index is 2.07. The summed E-state index contributed by atoms with van der Waals surface area (Å²) in [5, 5.41) is 15.5. The van der Waals surface area contributed by atoms with Gasteiger partial charge in [-0.3, -0.25) is 9.59 Å². The van der Waals surface area contributed by atoms with Crippen molar-refractivity contribution in [1.29, 1.82) is 0 Å². The van der Waals surface area contributed by atoms with Crippen LogP contribution in [0.5, 0.6) is 0 Å². The number of carbonyl (C=O) groups is 2. The van der Waals surface area contributed by atoms with Gasteiger partial charge in [0.05, 0.1) is 18.2 Å². The Bertz CT molecular complexity index is 1200. The van der Waals surface area contributed by atoms with E-state index in [4.69, 9.17) is 5.73 Å². The van der Waals surface area contributed by atoms with E-state index < -0.39 is 65.5 Å². The zero-order chi connectivity index (χ0) is 26.0. The molecule has 0 aliphatic heterocycles. The van der Waals surface area contributed by atoms with E-state index in [1.165, 1.54) is 13.3 Å². The molecule has 0 spiro atoms. The maximum atomic E-state index is 14.8. The van der Waals surface area contributed by atoms with Crippen molar-refractivity contribution in [3.63, 3.8) is 0 Å². The summed E-state index contributed by atoms with van der Waals surface area (Å²) in [4.78, 5) is 29.6. The van der Waals surface area contributed by atoms with Crippen molar-refractivity contribution in [3.8, 4) is 0 Å². The molecule has 2 unspecified atom stereocenters. The molecule has 2 aromatic carbocycles. The van der Waals surface area contributed by atoms with Gasteiger partial charge in [-0.25, -0.2) is 18.4 Å². The highest BCUT2D eigenvalue weighted by atomic mass is 19.4. The third-order valence-electron chi connectivity index (χ3n) is 5.47. The second-order valence-electron chi connectivity index (χ2n) is 7.79. The van der Waals surface area contributed by atoms with Crippen LogP contribution < -0.4 is 5.73 Å². The average Bonchev–Trinajstić information content (AvgIpc) is 3.28. The first-order chi connectivity index (χ1) is 16.3. The minimum atomic E-state index is -4.64. The molecule has 0 fully saturated rings. The highest BCUT2D eigenvalue weighted by molar-refractivity contribution is 5.96. The van der Waals surface area contributed by atoms with E-state index in [-0.39, 0.29) is 5.56 Å². The van der Waals surface area contributed by atoms with E-state index in [9.17, 15) is 36.6 Å². The number of primary amides is 1. The Morgan fingerprint density at radius 3 is 2.31 bits per heavy atom. The molecule has 0 bridgehead atoms. The zero-order valence-corrected chi connectivity index (χ0v) is 18.2. The minimum Gasteiger partial charge on any atom is -0.381 e. The predicted octanol–water partition coefficient (Wildman–Crippen LogP) is 2.48. The SMILES string of the molecule is CC(N(CC(N)=O)C(=O)c1ccc(C(F)(F)F)cc1)C(O)(Cn1cncn1)c1ccc(F)cc1F. The van der Waals surface area contributed by atoms with Crippen LogP contribution in [-0.4, -0.2) is 49.2 Å². The van der Waals surface area contributed by atoms with Crippen LogP contribution in [-0.2, 0) is 23.1 Å². The smallest absolute Gasteiger partial charge is 0.381 e. The number of benzene rings is 2. The summed E-state index contributed by atoms with van der Waals surface area (Å²) >= 11 is 0. The molecule has 8 nitrogen and oxygen atoms in total. The highest BCUT2D eigenvalue weighted by Gasteiger charge is 2.44. The van der Waals surface area contributed by atoms with E-state index in [0.717, 1.165) is 40.2 Å². The van der Waals surface area contributed by atoms with Crippen molar-refractivity contribution in [2.24, 2.45) is 5.73 Å². The number of nitrogens with zero attached hydrogens (tertiary/aromatic N) is 4. The second-order valence-corrected chi connectivity index (χ2v) is 7.79. The number of hydrogen-bond donors (Lipinski definition) is 2. The van der Waals surface area contributed by atoms with Crippen LogP contribution in [0, 0.1) is 11.6 Å². The van der Waals surface area contributed by atoms with Crippen molar-refractivity contribution in [2.45, 2.75) is 31.3 Å². The van der Waals surface area contributed by atoms with Crippen molar-refractivity contribution >= 4 is 11.8 Å². The summed E-state index contributed by atoms with van der Waals surface area (Å²) in [7, 11) is 0. The Kier molecular flexibility index (Phi) is 7.19. The first kappa shape index (κ1) is 25.7. The van der Waals surface area contributed by atoms with Gasteiger partial charge in [0.1, 0.15) is 36.4 Å². The maximum Gasteiger partial charge on any atom is 0.416 e. The number of hydrogen-bond acceptors (Lipinski definition) is 5. The number of carbonyl (C=O) groups excluding carboxylic acids is 2. The lowest BCUT2D eigenvalue weighted by molar-refractivity contribution is -0.137. The molecule has 0 aliphatic rings. The Morgan fingerprint density at radius 2 is 1.80 bits per heavy atom. The Morgan fingerprint density at radius 1 is 1.14 bits per heavy atom. The summed E-state index contributed by atoms with van der Waals surface area (Å²) in [6.45, 7) is 0.0421. The first-order valence-corrected chi connectivity index (χ1v) is 10.1. The van der Waals surface area contributed by atoms with Gasteiger partial charge in [-0.2, -0.15) is 18.3 Å². The lowest BCUT2D eigenvalue weighted by atomic mass is 9.85. The van der Waals surface area contributed by atoms with Gasteiger partial charge in [0.15, 0.2) is 0 Å². The predicted molar refractivity (Wildman–Crippen MR) is 111 cm³/mol. The lowest BCUT2D eigenvalue weighted by Gasteiger charge is -2.41. The number of aliphatic hydroxyl groups is 1. The molecular weight excluding hydrogens is 477 g/mol. The summed E-state index contributed by atoms with van der Waals surface area (Å²) in [5.41, 5.74) is 1.32. The number of alkyl halides is 3. The average molecular weight is 497 g/mol. The molecule has 2 amide bonds. The Labute approximate surface area is 195 Å². The largest absolute Gasteiger partial charge is 0.416 e. The van der Waals surface area contributed by atoms with E-state index in [1.54, 1.807) is 0 Å². The van der Waals surface area contributed by atoms with Gasteiger partial charge in [0.25, 0.3) is 5.91 Å². The monoisotopic (exact) mass is 497 g/mol. The molecule has 3 rings (SSSR count). The quantitative estimate of drug-likeness (QED) is 0.464. The molecule has 3 N–H and O–H groups in total. The summed E-state index contributed by atoms with van der Waals surface area (Å²) in [6.07, 6.45) is -2.30. The van der Waals surface area contributed by atoms with Crippen molar-refractivity contribution < 1.29 is 36.6 Å². The van der Waals surface area contributed by atoms with E-state index in [0.29, 0.717) is 18.2 Å². The van der Waals surface area contributed by atoms with Gasteiger partial charge in [-0.1, -0.05) is 6.07 Å². The summed E-state index contributed by atoms with van der Waals surface area (Å²) < 4.78 is 68.2. The van der Waals surface area contributed by atoms with Crippen LogP contribution in [0.25, 0.3) is 0 Å². The fraction of sp³-hybridized carbons (Fsp3) is 0.273. The third-order valence-corrected chi connectivity index (χ3v) is 5.47. The van der Waals surface area contributed by atoms with E-state index in [2.05, 4.69) is 10.1 Å². The fourth-order valence-electron chi connectivity index (χ4n) is 3.62. The molecule has 0 saturated heterocycles. The second kappa shape index (κ2) is 9.78. The zero-order valence-electron chi connectivity index (χ0n) is 18.2. The molecule has 0 radical (unpaired) electrons. The molecule has 0 saturated carbocycles. The van der Waals surface area contributed by atoms with Gasteiger partial charge in [0, 0.05) is 17.2 Å². The molecular formula is C22H20F5N5O3. The topological polar surface area (TPSA) is 114 Å². The normalized spacial score (nSPS) is 14.3. The summed E-state index contributed by atoms with van der Waals surface area (Å²) in [6, 6.07) is 4.17. The summed E-state index contributed by atoms with van der Waals surface area (Å²) in [5.74, 6) is -4.01. The van der Waals surface area contributed by atoms with Crippen molar-refractivity contribution in [2.75, 3.05) is 6.54 Å². The van der Waals surface area contributed by atoms with Gasteiger partial charge in [-0.05, 0) is 37.3 Å². The highest BCUT2D eigenvalue weighted by Crippen LogP contribution is 2.34. The van der Waals surface area contributed by atoms with Crippen molar-refractivity contribution in [1.82, 2.24) is 19.7 Å². The van der Waals surface area contributed by atoms with Crippen LogP contribution in [0.15, 0.2) is 55.1 Å². The fourth-order valence-corrected chi connectivity index (χ4v) is 3.62. The molecule has 2 atom stereocenters. The molecule has 35 heavy (non-hydrogen) atoms. The van der Waals surface area contributed by atoms with Gasteiger partial charge >= 0.3 is 6.18 Å². The third kappa shape index (κ3) is 5.62. The Hall–Kier alpha value is -3.87. The number of halogens is 5. The molecule has 0 aliphatic carbocycles. The molecule has 186 valence electrons. The first-order valence-electron chi connectivity index (χ1n) is 10.1. The van der Waals surface area contributed by atoms with E-state index in [1.807, 2.05) is 0 Å². The number of amides is 2. The van der Waals surface area contributed by atoms with Crippen molar-refractivity contribution in [3.05, 3.63) is 83.4 Å². The maximum absolute atomic E-state index is 14.8. The van der Waals surface area contributed by atoms with Crippen LogP contribution in [0.1, 0.15) is 28.4 Å².